The summed E-state index contributed by atoms with van der Waals surface area (Å²) in [6.07, 6.45) is 3.75. The summed E-state index contributed by atoms with van der Waals surface area (Å²) in [5.41, 5.74) is 1.01. The molecule has 1 fully saturated rings. The highest BCUT2D eigenvalue weighted by Crippen LogP contribution is 2.37. The first kappa shape index (κ1) is 14.1. The van der Waals surface area contributed by atoms with Crippen LogP contribution in [0.15, 0.2) is 24.3 Å². The molecule has 1 heterocycles. The van der Waals surface area contributed by atoms with Crippen molar-refractivity contribution in [3.8, 4) is 0 Å². The molecular formula is C17H24N4. The lowest BCUT2D eigenvalue weighted by Crippen LogP contribution is -2.31. The number of hydrogen-bond donors (Lipinski definition) is 1. The zero-order chi connectivity index (χ0) is 14.8. The SMILES string of the molecule is CCCNc1nc(N(C)C(C)C2CC2)c2ccccc2n1. The highest BCUT2D eigenvalue weighted by atomic mass is 15.2. The molecule has 1 unspecified atom stereocenters. The van der Waals surface area contributed by atoms with Crippen molar-refractivity contribution in [1.82, 2.24) is 9.97 Å². The molecule has 1 atom stereocenters. The summed E-state index contributed by atoms with van der Waals surface area (Å²) in [6, 6.07) is 8.80. The van der Waals surface area contributed by atoms with Crippen LogP contribution in [0.25, 0.3) is 10.9 Å². The maximum Gasteiger partial charge on any atom is 0.225 e. The Kier molecular flexibility index (Phi) is 3.95. The van der Waals surface area contributed by atoms with Crippen molar-refractivity contribution in [3.05, 3.63) is 24.3 Å². The molecule has 1 aromatic carbocycles. The van der Waals surface area contributed by atoms with Gasteiger partial charge in [-0.25, -0.2) is 4.98 Å². The molecule has 1 N–H and O–H groups in total. The van der Waals surface area contributed by atoms with Gasteiger partial charge in [0.05, 0.1) is 5.52 Å². The first-order valence-electron chi connectivity index (χ1n) is 7.94. The quantitative estimate of drug-likeness (QED) is 0.878. The Morgan fingerprint density at radius 1 is 1.29 bits per heavy atom. The molecule has 1 saturated carbocycles. The van der Waals surface area contributed by atoms with Gasteiger partial charge in [-0.1, -0.05) is 19.1 Å². The number of aromatic nitrogens is 2. The predicted octanol–water partition coefficient (Wildman–Crippen LogP) is 3.69. The van der Waals surface area contributed by atoms with E-state index in [4.69, 9.17) is 4.98 Å². The lowest BCUT2D eigenvalue weighted by Gasteiger charge is -2.27. The zero-order valence-electron chi connectivity index (χ0n) is 13.1. The van der Waals surface area contributed by atoms with Crippen LogP contribution in [-0.4, -0.2) is 29.6 Å². The van der Waals surface area contributed by atoms with E-state index < -0.39 is 0 Å². The largest absolute Gasteiger partial charge is 0.356 e. The molecule has 4 nitrogen and oxygen atoms in total. The zero-order valence-corrected chi connectivity index (χ0v) is 13.1. The smallest absolute Gasteiger partial charge is 0.225 e. The molecule has 0 aliphatic heterocycles. The molecule has 1 aromatic heterocycles. The highest BCUT2D eigenvalue weighted by molar-refractivity contribution is 5.90. The van der Waals surface area contributed by atoms with E-state index in [2.05, 4.69) is 54.3 Å². The van der Waals surface area contributed by atoms with Gasteiger partial charge in [0.2, 0.25) is 5.95 Å². The molecule has 21 heavy (non-hydrogen) atoms. The third-order valence-electron chi connectivity index (χ3n) is 4.37. The Bertz CT molecular complexity index is 621. The van der Waals surface area contributed by atoms with Gasteiger partial charge in [-0.05, 0) is 44.2 Å². The minimum Gasteiger partial charge on any atom is -0.356 e. The second-order valence-electron chi connectivity index (χ2n) is 6.00. The van der Waals surface area contributed by atoms with E-state index in [1.165, 1.54) is 12.8 Å². The molecule has 1 aliphatic carbocycles. The van der Waals surface area contributed by atoms with Crippen LogP contribution in [0.1, 0.15) is 33.1 Å². The van der Waals surface area contributed by atoms with E-state index in [1.54, 1.807) is 0 Å². The lowest BCUT2D eigenvalue weighted by molar-refractivity contribution is 0.605. The van der Waals surface area contributed by atoms with E-state index in [-0.39, 0.29) is 0 Å². The van der Waals surface area contributed by atoms with Crippen molar-refractivity contribution in [2.45, 2.75) is 39.2 Å². The van der Waals surface area contributed by atoms with E-state index in [0.29, 0.717) is 6.04 Å². The summed E-state index contributed by atoms with van der Waals surface area (Å²) in [5, 5.41) is 4.45. The summed E-state index contributed by atoms with van der Waals surface area (Å²) in [4.78, 5) is 11.7. The Labute approximate surface area is 126 Å². The van der Waals surface area contributed by atoms with Crippen LogP contribution >= 0.6 is 0 Å². The molecule has 3 rings (SSSR count). The maximum absolute atomic E-state index is 4.77. The second-order valence-corrected chi connectivity index (χ2v) is 6.00. The molecule has 0 amide bonds. The van der Waals surface area contributed by atoms with E-state index >= 15 is 0 Å². The van der Waals surface area contributed by atoms with Crippen molar-refractivity contribution >= 4 is 22.7 Å². The van der Waals surface area contributed by atoms with E-state index in [0.717, 1.165) is 41.6 Å². The summed E-state index contributed by atoms with van der Waals surface area (Å²) in [6.45, 7) is 5.35. The topological polar surface area (TPSA) is 41.1 Å². The number of hydrogen-bond acceptors (Lipinski definition) is 4. The van der Waals surface area contributed by atoms with E-state index in [9.17, 15) is 0 Å². The molecule has 4 heteroatoms. The van der Waals surface area contributed by atoms with Gasteiger partial charge in [-0.2, -0.15) is 4.98 Å². The normalized spacial score (nSPS) is 16.0. The molecule has 1 aliphatic rings. The van der Waals surface area contributed by atoms with Crippen molar-refractivity contribution in [2.75, 3.05) is 23.8 Å². The minimum atomic E-state index is 0.530. The fraction of sp³-hybridized carbons (Fsp3) is 0.529. The number of nitrogens with one attached hydrogen (secondary N) is 1. The van der Waals surface area contributed by atoms with Gasteiger partial charge in [-0.3, -0.25) is 0 Å². The fourth-order valence-electron chi connectivity index (χ4n) is 2.73. The molecule has 0 saturated heterocycles. The summed E-state index contributed by atoms with van der Waals surface area (Å²) < 4.78 is 0. The van der Waals surface area contributed by atoms with Gasteiger partial charge < -0.3 is 10.2 Å². The number of fused-ring (bicyclic) bond motifs is 1. The highest BCUT2D eigenvalue weighted by Gasteiger charge is 2.31. The Morgan fingerprint density at radius 3 is 2.76 bits per heavy atom. The predicted molar refractivity (Wildman–Crippen MR) is 88.9 cm³/mol. The van der Waals surface area contributed by atoms with Crippen LogP contribution in [0.2, 0.25) is 0 Å². The van der Waals surface area contributed by atoms with Gasteiger partial charge >= 0.3 is 0 Å². The van der Waals surface area contributed by atoms with Crippen LogP contribution < -0.4 is 10.2 Å². The second kappa shape index (κ2) is 5.88. The molecular weight excluding hydrogens is 260 g/mol. The van der Waals surface area contributed by atoms with Gasteiger partial charge in [-0.15, -0.1) is 0 Å². The van der Waals surface area contributed by atoms with Gasteiger partial charge in [0.1, 0.15) is 5.82 Å². The number of benzene rings is 1. The molecule has 0 spiro atoms. The van der Waals surface area contributed by atoms with Gasteiger partial charge in [0.25, 0.3) is 0 Å². The number of nitrogens with zero attached hydrogens (tertiary/aromatic N) is 3. The molecule has 2 aromatic rings. The summed E-state index contributed by atoms with van der Waals surface area (Å²) >= 11 is 0. The Balaban J connectivity index is 2.00. The van der Waals surface area contributed by atoms with E-state index in [1.807, 2.05) is 6.07 Å². The monoisotopic (exact) mass is 284 g/mol. The molecule has 0 bridgehead atoms. The van der Waals surface area contributed by atoms with Crippen LogP contribution in [0.5, 0.6) is 0 Å². The number of para-hydroxylation sites is 1. The Morgan fingerprint density at radius 2 is 2.05 bits per heavy atom. The van der Waals surface area contributed by atoms with Crippen LogP contribution in [0.4, 0.5) is 11.8 Å². The summed E-state index contributed by atoms with van der Waals surface area (Å²) in [5.74, 6) is 2.59. The average molecular weight is 284 g/mol. The first-order valence-corrected chi connectivity index (χ1v) is 7.94. The van der Waals surface area contributed by atoms with Crippen molar-refractivity contribution in [1.29, 1.82) is 0 Å². The maximum atomic E-state index is 4.77. The van der Waals surface area contributed by atoms with Gasteiger partial charge in [0.15, 0.2) is 0 Å². The molecule has 112 valence electrons. The van der Waals surface area contributed by atoms with Crippen LogP contribution in [0.3, 0.4) is 0 Å². The third kappa shape index (κ3) is 2.94. The minimum absolute atomic E-state index is 0.530. The average Bonchev–Trinajstić information content (AvgIpc) is 3.35. The van der Waals surface area contributed by atoms with Gasteiger partial charge in [0, 0.05) is 25.0 Å². The number of anilines is 2. The standard InChI is InChI=1S/C17H24N4/c1-4-11-18-17-19-15-8-6-5-7-14(15)16(20-17)21(3)12(2)13-9-10-13/h5-8,12-13H,4,9-11H2,1-3H3,(H,18,19,20). The molecule has 0 radical (unpaired) electrons. The summed E-state index contributed by atoms with van der Waals surface area (Å²) in [7, 11) is 2.15. The van der Waals surface area contributed by atoms with Crippen molar-refractivity contribution in [3.63, 3.8) is 0 Å². The van der Waals surface area contributed by atoms with Crippen molar-refractivity contribution in [2.24, 2.45) is 5.92 Å². The van der Waals surface area contributed by atoms with Crippen LogP contribution in [-0.2, 0) is 0 Å². The first-order chi connectivity index (χ1) is 10.2. The third-order valence-corrected chi connectivity index (χ3v) is 4.37. The van der Waals surface area contributed by atoms with Crippen LogP contribution in [0, 0.1) is 5.92 Å². The van der Waals surface area contributed by atoms with Crippen molar-refractivity contribution < 1.29 is 0 Å². The number of rotatable bonds is 6. The fourth-order valence-corrected chi connectivity index (χ4v) is 2.73. The lowest BCUT2D eigenvalue weighted by atomic mass is 10.1. The Hall–Kier alpha value is -1.84.